The molecule has 0 spiro atoms. The highest BCUT2D eigenvalue weighted by Crippen LogP contribution is 2.39. The molecule has 2 N–H and O–H groups in total. The summed E-state index contributed by atoms with van der Waals surface area (Å²) in [7, 11) is 1.58. The molecule has 0 aliphatic carbocycles. The van der Waals surface area contributed by atoms with Crippen LogP contribution in [0.5, 0.6) is 5.75 Å². The van der Waals surface area contributed by atoms with E-state index in [4.69, 9.17) is 16.3 Å². The van der Waals surface area contributed by atoms with Crippen molar-refractivity contribution < 1.29 is 9.53 Å². The summed E-state index contributed by atoms with van der Waals surface area (Å²) in [5.41, 5.74) is 7.32. The maximum absolute atomic E-state index is 13.5. The monoisotopic (exact) mass is 471 g/mol. The van der Waals surface area contributed by atoms with Crippen LogP contribution >= 0.6 is 23.4 Å². The first kappa shape index (κ1) is 22.5. The van der Waals surface area contributed by atoms with Crippen LogP contribution in [0.2, 0.25) is 5.02 Å². The molecule has 168 valence electrons. The zero-order valence-electron chi connectivity index (χ0n) is 18.5. The second-order valence-corrected chi connectivity index (χ2v) is 9.28. The average molecular weight is 472 g/mol. The Bertz CT molecular complexity index is 1150. The van der Waals surface area contributed by atoms with E-state index in [1.807, 2.05) is 54.9 Å². The number of nitrogens with zero attached hydrogens (tertiary/aromatic N) is 3. The van der Waals surface area contributed by atoms with Gasteiger partial charge in [-0.3, -0.25) is 4.79 Å². The molecule has 2 aromatic carbocycles. The average Bonchev–Trinajstić information content (AvgIpc) is 3.18. The largest absolute Gasteiger partial charge is 0.495 e. The molecule has 0 saturated carbocycles. The van der Waals surface area contributed by atoms with E-state index in [2.05, 4.69) is 27.9 Å². The van der Waals surface area contributed by atoms with Crippen LogP contribution in [-0.4, -0.2) is 33.1 Å². The number of halogens is 1. The summed E-state index contributed by atoms with van der Waals surface area (Å²) in [6.45, 7) is 6.13. The number of aryl methyl sites for hydroxylation is 2. The zero-order chi connectivity index (χ0) is 22.8. The van der Waals surface area contributed by atoms with Crippen LogP contribution in [0.3, 0.4) is 0 Å². The summed E-state index contributed by atoms with van der Waals surface area (Å²) in [5, 5.41) is 12.4. The van der Waals surface area contributed by atoms with Crippen molar-refractivity contribution in [3.63, 3.8) is 0 Å². The van der Waals surface area contributed by atoms with Crippen LogP contribution in [0.4, 0.5) is 5.69 Å². The molecule has 1 amide bonds. The molecule has 1 aliphatic heterocycles. The Balaban J connectivity index is 1.70. The molecule has 2 atom stereocenters. The van der Waals surface area contributed by atoms with Gasteiger partial charge in [0, 0.05) is 12.1 Å². The maximum atomic E-state index is 13.5. The van der Waals surface area contributed by atoms with E-state index in [1.165, 1.54) is 11.8 Å². The van der Waals surface area contributed by atoms with Gasteiger partial charge in [0.1, 0.15) is 11.0 Å². The molecule has 4 rings (SSSR count). The van der Waals surface area contributed by atoms with Crippen molar-refractivity contribution in [3.8, 4) is 5.75 Å². The Hall–Kier alpha value is -2.71. The molecule has 1 aromatic heterocycles. The molecule has 0 unspecified atom stereocenters. The Labute approximate surface area is 196 Å². The number of anilines is 1. The Morgan fingerprint density at radius 3 is 2.81 bits per heavy atom. The summed E-state index contributed by atoms with van der Waals surface area (Å²) >= 11 is 7.81. The van der Waals surface area contributed by atoms with Gasteiger partial charge < -0.3 is 15.5 Å². The van der Waals surface area contributed by atoms with E-state index in [-0.39, 0.29) is 11.9 Å². The third-order valence-electron chi connectivity index (χ3n) is 5.63. The fourth-order valence-electron chi connectivity index (χ4n) is 3.70. The minimum atomic E-state index is -0.481. The van der Waals surface area contributed by atoms with Crippen LogP contribution < -0.4 is 15.5 Å². The molecular formula is C23H26ClN5O2S. The van der Waals surface area contributed by atoms with Gasteiger partial charge in [-0.25, -0.2) is 4.68 Å². The van der Waals surface area contributed by atoms with Crippen molar-refractivity contribution in [2.24, 2.45) is 0 Å². The van der Waals surface area contributed by atoms with Gasteiger partial charge in [-0.2, -0.15) is 0 Å². The predicted octanol–water partition coefficient (Wildman–Crippen LogP) is 4.91. The van der Waals surface area contributed by atoms with Crippen molar-refractivity contribution in [2.45, 2.75) is 50.1 Å². The lowest BCUT2D eigenvalue weighted by Gasteiger charge is -2.33. The molecule has 32 heavy (non-hydrogen) atoms. The first-order valence-electron chi connectivity index (χ1n) is 10.5. The zero-order valence-corrected chi connectivity index (χ0v) is 20.0. The highest BCUT2D eigenvalue weighted by molar-refractivity contribution is 8.00. The number of hydrogen-bond donors (Lipinski definition) is 2. The molecular weight excluding hydrogens is 446 g/mol. The fourth-order valence-corrected chi connectivity index (χ4v) is 5.07. The van der Waals surface area contributed by atoms with Crippen molar-refractivity contribution in [2.75, 3.05) is 17.9 Å². The number of ether oxygens (including phenoxy) is 1. The molecule has 0 radical (unpaired) electrons. The first-order chi connectivity index (χ1) is 15.4. The van der Waals surface area contributed by atoms with Crippen LogP contribution in [0, 0.1) is 13.8 Å². The molecule has 3 aromatic rings. The summed E-state index contributed by atoms with van der Waals surface area (Å²) in [4.78, 5) is 13.5. The smallest absolute Gasteiger partial charge is 0.240 e. The molecule has 1 aliphatic rings. The molecule has 7 nitrogen and oxygen atoms in total. The van der Waals surface area contributed by atoms with E-state index in [0.29, 0.717) is 15.9 Å². The number of benzene rings is 2. The van der Waals surface area contributed by atoms with Gasteiger partial charge in [-0.1, -0.05) is 48.5 Å². The third kappa shape index (κ3) is 4.29. The van der Waals surface area contributed by atoms with Crippen LogP contribution in [0.1, 0.15) is 41.9 Å². The first-order valence-corrected chi connectivity index (χ1v) is 11.8. The molecule has 9 heteroatoms. The van der Waals surface area contributed by atoms with Crippen molar-refractivity contribution in [1.82, 2.24) is 14.9 Å². The van der Waals surface area contributed by atoms with Gasteiger partial charge in [0.25, 0.3) is 0 Å². The lowest BCUT2D eigenvalue weighted by molar-refractivity contribution is -0.116. The number of rotatable bonds is 6. The van der Waals surface area contributed by atoms with Crippen molar-refractivity contribution in [1.29, 1.82) is 0 Å². The Morgan fingerprint density at radius 1 is 1.28 bits per heavy atom. The minimum Gasteiger partial charge on any atom is -0.495 e. The lowest BCUT2D eigenvalue weighted by Crippen LogP contribution is -2.41. The van der Waals surface area contributed by atoms with Crippen LogP contribution in [-0.2, 0) is 11.2 Å². The number of hydrogen-bond acceptors (Lipinski definition) is 6. The fraction of sp³-hybridized carbons (Fsp3) is 0.348. The highest BCUT2D eigenvalue weighted by atomic mass is 35.5. The number of carbonyl (C=O) groups is 1. The topological polar surface area (TPSA) is 81.1 Å². The summed E-state index contributed by atoms with van der Waals surface area (Å²) in [6, 6.07) is 11.1. The third-order valence-corrected chi connectivity index (χ3v) is 7.14. The maximum Gasteiger partial charge on any atom is 0.240 e. The number of fused-ring (bicyclic) bond motifs is 1. The van der Waals surface area contributed by atoms with E-state index >= 15 is 0 Å². The predicted molar refractivity (Wildman–Crippen MR) is 128 cm³/mol. The normalized spacial score (nSPS) is 17.4. The quantitative estimate of drug-likeness (QED) is 0.531. The Kier molecular flexibility index (Phi) is 6.62. The van der Waals surface area contributed by atoms with Gasteiger partial charge in [-0.05, 0) is 55.2 Å². The number of amides is 1. The number of carbonyl (C=O) groups excluding carboxylic acids is 1. The summed E-state index contributed by atoms with van der Waals surface area (Å²) < 4.78 is 7.19. The van der Waals surface area contributed by atoms with Crippen LogP contribution in [0.25, 0.3) is 0 Å². The molecule has 0 fully saturated rings. The van der Waals surface area contributed by atoms with E-state index < -0.39 is 5.25 Å². The van der Waals surface area contributed by atoms with Gasteiger partial charge in [0.2, 0.25) is 11.1 Å². The van der Waals surface area contributed by atoms with Gasteiger partial charge in [0.15, 0.2) is 5.82 Å². The van der Waals surface area contributed by atoms with E-state index in [9.17, 15) is 4.79 Å². The van der Waals surface area contributed by atoms with E-state index in [1.54, 1.807) is 7.11 Å². The van der Waals surface area contributed by atoms with Gasteiger partial charge in [0.05, 0.1) is 18.2 Å². The number of thioether (sulfide) groups is 1. The summed E-state index contributed by atoms with van der Waals surface area (Å²) in [5.74, 6) is 1.32. The number of nitrogens with one attached hydrogen (secondary N) is 2. The molecule has 0 saturated heterocycles. The molecule has 2 heterocycles. The Morgan fingerprint density at radius 2 is 2.09 bits per heavy atom. The number of aromatic nitrogens is 3. The minimum absolute atomic E-state index is 0.112. The second-order valence-electron chi connectivity index (χ2n) is 7.76. The lowest BCUT2D eigenvalue weighted by atomic mass is 10.0. The second kappa shape index (κ2) is 9.42. The van der Waals surface area contributed by atoms with Gasteiger partial charge in [-0.15, -0.1) is 10.2 Å². The van der Waals surface area contributed by atoms with Crippen molar-refractivity contribution >= 4 is 35.0 Å². The van der Waals surface area contributed by atoms with E-state index in [0.717, 1.165) is 41.0 Å². The highest BCUT2D eigenvalue weighted by Gasteiger charge is 2.38. The number of methoxy groups -OCH3 is 1. The van der Waals surface area contributed by atoms with Crippen LogP contribution in [0.15, 0.2) is 41.6 Å². The SMILES string of the molecule is CCCc1nnc2n1N[C@@H](c1ccc(OC)c(Cl)c1)[C@H](C(=O)Nc1cccc(C)c1C)S2. The van der Waals surface area contributed by atoms with Gasteiger partial charge >= 0.3 is 0 Å². The van der Waals surface area contributed by atoms with Crippen molar-refractivity contribution in [3.05, 3.63) is 63.9 Å². The standard InChI is InChI=1S/C23H26ClN5O2S/c1-5-7-19-26-27-23-29(19)28-20(15-10-11-18(31-4)16(24)12-15)21(32-23)22(30)25-17-9-6-8-13(2)14(17)3/h6,8-12,20-21,28H,5,7H2,1-4H3,(H,25,30)/t20-,21+/m0/s1. The molecule has 0 bridgehead atoms. The summed E-state index contributed by atoms with van der Waals surface area (Å²) in [6.07, 6.45) is 1.73.